The monoisotopic (exact) mass is 339 g/mol. The van der Waals surface area contributed by atoms with E-state index in [1.54, 1.807) is 0 Å². The molecular weight excluding hydrogens is 294 g/mol. The van der Waals surface area contributed by atoms with Crippen LogP contribution in [-0.2, 0) is 4.79 Å². The second-order valence-corrected chi connectivity index (χ2v) is 7.48. The zero-order valence-electron chi connectivity index (χ0n) is 16.6. The molecule has 0 aromatic carbocycles. The van der Waals surface area contributed by atoms with Crippen LogP contribution in [0.4, 0.5) is 0 Å². The predicted octanol–water partition coefficient (Wildman–Crippen LogP) is 6.95. The van der Waals surface area contributed by atoms with Crippen molar-refractivity contribution in [2.24, 2.45) is 5.73 Å². The molecule has 0 rings (SSSR count). The molecule has 0 radical (unpaired) electrons. The molecule has 0 atom stereocenters. The standard InChI is InChI=1S/C22H45NO/c1-2-3-4-5-6-7-8-9-10-11-12-13-14-15-16-19-22(24)20-17-18-21-23/h2-21,23H2,1H3. The first-order valence-corrected chi connectivity index (χ1v) is 11.0. The summed E-state index contributed by atoms with van der Waals surface area (Å²) in [6.07, 6.45) is 24.2. The van der Waals surface area contributed by atoms with Crippen molar-refractivity contribution in [2.75, 3.05) is 6.54 Å². The quantitative estimate of drug-likeness (QED) is 0.244. The first-order valence-electron chi connectivity index (χ1n) is 11.0. The average Bonchev–Trinajstić information content (AvgIpc) is 2.58. The van der Waals surface area contributed by atoms with Gasteiger partial charge in [-0.3, -0.25) is 4.79 Å². The van der Waals surface area contributed by atoms with Crippen molar-refractivity contribution in [1.29, 1.82) is 0 Å². The van der Waals surface area contributed by atoms with Gasteiger partial charge in [0.2, 0.25) is 0 Å². The molecular formula is C22H45NO. The van der Waals surface area contributed by atoms with E-state index in [0.717, 1.165) is 32.1 Å². The van der Waals surface area contributed by atoms with Crippen molar-refractivity contribution in [3.05, 3.63) is 0 Å². The summed E-state index contributed by atoms with van der Waals surface area (Å²) in [4.78, 5) is 11.6. The Bertz CT molecular complexity index is 252. The number of unbranched alkanes of at least 4 members (excludes halogenated alkanes) is 15. The number of carbonyl (C=O) groups is 1. The number of carbonyl (C=O) groups excluding carboxylic acids is 1. The lowest BCUT2D eigenvalue weighted by Crippen LogP contribution is -2.02. The Morgan fingerprint density at radius 1 is 0.542 bits per heavy atom. The van der Waals surface area contributed by atoms with Crippen molar-refractivity contribution in [1.82, 2.24) is 0 Å². The molecule has 24 heavy (non-hydrogen) atoms. The molecule has 2 N–H and O–H groups in total. The number of ketones is 1. The first-order chi connectivity index (χ1) is 11.8. The minimum Gasteiger partial charge on any atom is -0.330 e. The number of Topliss-reactive ketones (excluding diaryl/α,β-unsaturated/α-hetero) is 1. The first kappa shape index (κ1) is 23.6. The minimum atomic E-state index is 0.443. The Hall–Kier alpha value is -0.370. The summed E-state index contributed by atoms with van der Waals surface area (Å²) in [7, 11) is 0. The van der Waals surface area contributed by atoms with Crippen molar-refractivity contribution in [2.45, 2.75) is 129 Å². The van der Waals surface area contributed by atoms with E-state index in [1.165, 1.54) is 89.9 Å². The van der Waals surface area contributed by atoms with Gasteiger partial charge in [-0.05, 0) is 25.8 Å². The van der Waals surface area contributed by atoms with Gasteiger partial charge in [0.25, 0.3) is 0 Å². The molecule has 2 nitrogen and oxygen atoms in total. The topological polar surface area (TPSA) is 43.1 Å². The van der Waals surface area contributed by atoms with E-state index in [-0.39, 0.29) is 0 Å². The molecule has 0 aliphatic rings. The van der Waals surface area contributed by atoms with Crippen LogP contribution < -0.4 is 5.73 Å². The summed E-state index contributed by atoms with van der Waals surface area (Å²) in [5, 5.41) is 0. The highest BCUT2D eigenvalue weighted by Gasteiger charge is 2.01. The van der Waals surface area contributed by atoms with E-state index in [2.05, 4.69) is 6.92 Å². The minimum absolute atomic E-state index is 0.443. The van der Waals surface area contributed by atoms with Gasteiger partial charge in [-0.1, -0.05) is 96.8 Å². The lowest BCUT2D eigenvalue weighted by molar-refractivity contribution is -0.119. The fourth-order valence-electron chi connectivity index (χ4n) is 3.28. The number of nitrogens with two attached hydrogens (primary N) is 1. The van der Waals surface area contributed by atoms with Crippen molar-refractivity contribution >= 4 is 5.78 Å². The third-order valence-corrected chi connectivity index (χ3v) is 4.97. The van der Waals surface area contributed by atoms with Crippen LogP contribution in [0.2, 0.25) is 0 Å². The van der Waals surface area contributed by atoms with Crippen LogP contribution in [-0.4, -0.2) is 12.3 Å². The molecule has 2 heteroatoms. The lowest BCUT2D eigenvalue weighted by atomic mass is 10.0. The zero-order valence-corrected chi connectivity index (χ0v) is 16.6. The third-order valence-electron chi connectivity index (χ3n) is 4.97. The summed E-state index contributed by atoms with van der Waals surface area (Å²) in [5.41, 5.74) is 5.44. The van der Waals surface area contributed by atoms with Gasteiger partial charge in [0.15, 0.2) is 0 Å². The van der Waals surface area contributed by atoms with Gasteiger partial charge in [-0.25, -0.2) is 0 Å². The highest BCUT2D eigenvalue weighted by Crippen LogP contribution is 2.14. The number of rotatable bonds is 20. The summed E-state index contributed by atoms with van der Waals surface area (Å²) >= 11 is 0. The summed E-state index contributed by atoms with van der Waals surface area (Å²) in [5.74, 6) is 0.443. The maximum Gasteiger partial charge on any atom is 0.132 e. The van der Waals surface area contributed by atoms with Crippen LogP contribution in [0.5, 0.6) is 0 Å². The molecule has 0 saturated carbocycles. The Balaban J connectivity index is 3.06. The Kier molecular flexibility index (Phi) is 20.4. The van der Waals surface area contributed by atoms with E-state index in [0.29, 0.717) is 12.3 Å². The molecule has 0 aliphatic carbocycles. The van der Waals surface area contributed by atoms with Crippen LogP contribution in [0.1, 0.15) is 129 Å². The molecule has 0 amide bonds. The summed E-state index contributed by atoms with van der Waals surface area (Å²) in [6.45, 7) is 3.00. The van der Waals surface area contributed by atoms with Crippen molar-refractivity contribution in [3.8, 4) is 0 Å². The fraction of sp³-hybridized carbons (Fsp3) is 0.955. The van der Waals surface area contributed by atoms with Gasteiger partial charge in [0.05, 0.1) is 0 Å². The zero-order chi connectivity index (χ0) is 17.7. The maximum absolute atomic E-state index is 11.6. The number of hydrogen-bond donors (Lipinski definition) is 1. The maximum atomic E-state index is 11.6. The van der Waals surface area contributed by atoms with Crippen molar-refractivity contribution < 1.29 is 4.79 Å². The molecule has 0 heterocycles. The lowest BCUT2D eigenvalue weighted by Gasteiger charge is -2.03. The predicted molar refractivity (Wildman–Crippen MR) is 107 cm³/mol. The number of hydrogen-bond acceptors (Lipinski definition) is 2. The summed E-state index contributed by atoms with van der Waals surface area (Å²) < 4.78 is 0. The van der Waals surface area contributed by atoms with Gasteiger partial charge < -0.3 is 5.73 Å². The largest absolute Gasteiger partial charge is 0.330 e. The van der Waals surface area contributed by atoms with Crippen LogP contribution in [0.25, 0.3) is 0 Å². The Morgan fingerprint density at radius 3 is 1.25 bits per heavy atom. The van der Waals surface area contributed by atoms with E-state index in [1.807, 2.05) is 0 Å². The molecule has 0 spiro atoms. The molecule has 0 fully saturated rings. The van der Waals surface area contributed by atoms with Gasteiger partial charge >= 0.3 is 0 Å². The van der Waals surface area contributed by atoms with E-state index in [4.69, 9.17) is 5.73 Å². The third kappa shape index (κ3) is 19.7. The van der Waals surface area contributed by atoms with Gasteiger partial charge in [0, 0.05) is 12.8 Å². The van der Waals surface area contributed by atoms with Gasteiger partial charge in [-0.15, -0.1) is 0 Å². The Labute approximate surface area is 152 Å². The van der Waals surface area contributed by atoms with E-state index in [9.17, 15) is 4.79 Å². The molecule has 0 aromatic heterocycles. The van der Waals surface area contributed by atoms with E-state index < -0.39 is 0 Å². The van der Waals surface area contributed by atoms with Crippen molar-refractivity contribution in [3.63, 3.8) is 0 Å². The molecule has 0 unspecified atom stereocenters. The second kappa shape index (κ2) is 20.7. The SMILES string of the molecule is CCCCCCCCCCCCCCCCCC(=O)CCCCN. The smallest absolute Gasteiger partial charge is 0.132 e. The molecule has 0 saturated heterocycles. The molecule has 0 aliphatic heterocycles. The molecule has 0 bridgehead atoms. The molecule has 144 valence electrons. The average molecular weight is 340 g/mol. The van der Waals surface area contributed by atoms with Crippen LogP contribution in [0.15, 0.2) is 0 Å². The van der Waals surface area contributed by atoms with Gasteiger partial charge in [0.1, 0.15) is 5.78 Å². The Morgan fingerprint density at radius 2 is 0.875 bits per heavy atom. The highest BCUT2D eigenvalue weighted by atomic mass is 16.1. The second-order valence-electron chi connectivity index (χ2n) is 7.48. The van der Waals surface area contributed by atoms with Crippen LogP contribution in [0.3, 0.4) is 0 Å². The van der Waals surface area contributed by atoms with E-state index >= 15 is 0 Å². The normalized spacial score (nSPS) is 11.1. The van der Waals surface area contributed by atoms with Crippen LogP contribution in [0, 0.1) is 0 Å². The molecule has 0 aromatic rings. The summed E-state index contributed by atoms with van der Waals surface area (Å²) in [6, 6.07) is 0. The van der Waals surface area contributed by atoms with Crippen LogP contribution >= 0.6 is 0 Å². The fourth-order valence-corrected chi connectivity index (χ4v) is 3.28. The highest BCUT2D eigenvalue weighted by molar-refractivity contribution is 5.78. The van der Waals surface area contributed by atoms with Gasteiger partial charge in [-0.2, -0.15) is 0 Å².